The lowest BCUT2D eigenvalue weighted by atomic mass is 10.0. The van der Waals surface area contributed by atoms with Crippen LogP contribution in [-0.2, 0) is 30.4 Å². The molecular formula is C18H24N4O8. The number of phenolic OH excluding ortho intramolecular Hbond substituents is 1. The Balaban J connectivity index is 2.78. The minimum atomic E-state index is -1.34. The van der Waals surface area contributed by atoms with E-state index in [1.54, 1.807) is 0 Å². The van der Waals surface area contributed by atoms with Crippen molar-refractivity contribution in [1.82, 2.24) is 16.0 Å². The van der Waals surface area contributed by atoms with E-state index in [1.165, 1.54) is 31.2 Å². The maximum atomic E-state index is 12.4. The van der Waals surface area contributed by atoms with Crippen molar-refractivity contribution in [2.75, 3.05) is 6.54 Å². The molecule has 0 fully saturated rings. The van der Waals surface area contributed by atoms with E-state index in [1.807, 2.05) is 0 Å². The summed E-state index contributed by atoms with van der Waals surface area (Å²) in [6.45, 7) is 0.684. The van der Waals surface area contributed by atoms with Crippen molar-refractivity contribution in [2.24, 2.45) is 5.73 Å². The van der Waals surface area contributed by atoms with E-state index in [9.17, 15) is 29.1 Å². The zero-order valence-electron chi connectivity index (χ0n) is 16.1. The number of nitrogens with one attached hydrogen (secondary N) is 3. The molecule has 3 unspecified atom stereocenters. The van der Waals surface area contributed by atoms with E-state index in [0.29, 0.717) is 5.56 Å². The molecule has 3 atom stereocenters. The Hall–Kier alpha value is -3.67. The zero-order valence-corrected chi connectivity index (χ0v) is 16.1. The fourth-order valence-corrected chi connectivity index (χ4v) is 2.28. The van der Waals surface area contributed by atoms with E-state index >= 15 is 0 Å². The molecule has 0 heterocycles. The van der Waals surface area contributed by atoms with E-state index in [-0.39, 0.29) is 12.2 Å². The van der Waals surface area contributed by atoms with Crippen LogP contribution in [-0.4, -0.2) is 69.7 Å². The number of hydrogen-bond acceptors (Lipinski definition) is 7. The summed E-state index contributed by atoms with van der Waals surface area (Å²) in [5, 5.41) is 33.7. The number of carbonyl (C=O) groups excluding carboxylic acids is 3. The van der Waals surface area contributed by atoms with Crippen LogP contribution < -0.4 is 21.7 Å². The van der Waals surface area contributed by atoms with Gasteiger partial charge in [0.05, 0.1) is 19.0 Å². The summed E-state index contributed by atoms with van der Waals surface area (Å²) >= 11 is 0. The van der Waals surface area contributed by atoms with Crippen LogP contribution in [0.25, 0.3) is 0 Å². The lowest BCUT2D eigenvalue weighted by molar-refractivity contribution is -0.141. The first-order valence-corrected chi connectivity index (χ1v) is 8.85. The van der Waals surface area contributed by atoms with Gasteiger partial charge in [-0.05, 0) is 24.6 Å². The molecule has 0 saturated heterocycles. The van der Waals surface area contributed by atoms with E-state index in [4.69, 9.17) is 15.9 Å². The van der Waals surface area contributed by atoms with E-state index in [2.05, 4.69) is 16.0 Å². The second kappa shape index (κ2) is 11.4. The Bertz CT molecular complexity index is 796. The number of aromatic hydroxyl groups is 1. The number of benzene rings is 1. The van der Waals surface area contributed by atoms with Gasteiger partial charge in [-0.3, -0.25) is 24.0 Å². The highest BCUT2D eigenvalue weighted by molar-refractivity contribution is 5.93. The van der Waals surface area contributed by atoms with Gasteiger partial charge in [0, 0.05) is 6.42 Å². The number of hydrogen-bond donors (Lipinski definition) is 7. The SMILES string of the molecule is CC(NC(=O)C(Cc1ccc(O)cc1)NC(=O)CNC(=O)C(N)CC(=O)O)C(=O)O. The zero-order chi connectivity index (χ0) is 22.8. The van der Waals surface area contributed by atoms with E-state index in [0.717, 1.165) is 0 Å². The second-order valence-corrected chi connectivity index (χ2v) is 6.48. The molecule has 12 heteroatoms. The quantitative estimate of drug-likeness (QED) is 0.208. The van der Waals surface area contributed by atoms with Gasteiger partial charge >= 0.3 is 11.9 Å². The number of amides is 3. The van der Waals surface area contributed by atoms with E-state index < -0.39 is 60.8 Å². The second-order valence-electron chi connectivity index (χ2n) is 6.48. The van der Waals surface area contributed by atoms with Crippen molar-refractivity contribution in [1.29, 1.82) is 0 Å². The Kier molecular flexibility index (Phi) is 9.23. The molecule has 0 radical (unpaired) electrons. The molecule has 0 saturated carbocycles. The normalized spacial score (nSPS) is 13.4. The molecule has 1 aromatic carbocycles. The molecule has 0 spiro atoms. The molecule has 8 N–H and O–H groups in total. The maximum Gasteiger partial charge on any atom is 0.325 e. The van der Waals surface area contributed by atoms with Crippen molar-refractivity contribution < 1.29 is 39.3 Å². The van der Waals surface area contributed by atoms with Crippen LogP contribution in [0.15, 0.2) is 24.3 Å². The molecule has 0 bridgehead atoms. The molecular weight excluding hydrogens is 400 g/mol. The standard InChI is InChI=1S/C18H24N4O8/c1-9(18(29)30)21-17(28)13(6-10-2-4-11(23)5-3-10)22-14(24)8-20-16(27)12(19)7-15(25)26/h2-5,9,12-13,23H,6-8,19H2,1H3,(H,20,27)(H,21,28)(H,22,24)(H,25,26)(H,29,30). The third kappa shape index (κ3) is 8.56. The van der Waals surface area contributed by atoms with Gasteiger partial charge in [0.2, 0.25) is 17.7 Å². The lowest BCUT2D eigenvalue weighted by Crippen LogP contribution is -2.54. The van der Waals surface area contributed by atoms with Crippen molar-refractivity contribution in [2.45, 2.75) is 37.9 Å². The topological polar surface area (TPSA) is 208 Å². The van der Waals surface area contributed by atoms with Gasteiger partial charge in [0.25, 0.3) is 0 Å². The average molecular weight is 424 g/mol. The Morgan fingerprint density at radius 3 is 2.13 bits per heavy atom. The first-order chi connectivity index (χ1) is 14.0. The smallest absolute Gasteiger partial charge is 0.325 e. The van der Waals surface area contributed by atoms with Crippen molar-refractivity contribution in [3.8, 4) is 5.75 Å². The van der Waals surface area contributed by atoms with Crippen molar-refractivity contribution in [3.63, 3.8) is 0 Å². The summed E-state index contributed by atoms with van der Waals surface area (Å²) < 4.78 is 0. The first kappa shape index (κ1) is 24.4. The highest BCUT2D eigenvalue weighted by Crippen LogP contribution is 2.11. The Labute approximate surface area is 171 Å². The molecule has 30 heavy (non-hydrogen) atoms. The summed E-state index contributed by atoms with van der Waals surface area (Å²) in [6, 6.07) is 2.10. The summed E-state index contributed by atoms with van der Waals surface area (Å²) in [5.74, 6) is -4.93. The predicted octanol–water partition coefficient (Wildman–Crippen LogP) is -2.07. The van der Waals surface area contributed by atoms with Crippen molar-refractivity contribution in [3.05, 3.63) is 29.8 Å². The van der Waals surface area contributed by atoms with Crippen LogP contribution >= 0.6 is 0 Å². The number of carbonyl (C=O) groups is 5. The maximum absolute atomic E-state index is 12.4. The van der Waals surface area contributed by atoms with Crippen LogP contribution in [0, 0.1) is 0 Å². The summed E-state index contributed by atoms with van der Waals surface area (Å²) in [6.07, 6.45) is -0.636. The molecule has 1 aromatic rings. The van der Waals surface area contributed by atoms with Gasteiger partial charge in [-0.1, -0.05) is 12.1 Å². The highest BCUT2D eigenvalue weighted by Gasteiger charge is 2.25. The minimum absolute atomic E-state index is 0.00342. The third-order valence-corrected chi connectivity index (χ3v) is 3.91. The number of carboxylic acid groups (broad SMARTS) is 2. The number of phenols is 1. The van der Waals surface area contributed by atoms with Crippen LogP contribution in [0.1, 0.15) is 18.9 Å². The highest BCUT2D eigenvalue weighted by atomic mass is 16.4. The molecule has 0 aromatic heterocycles. The summed E-state index contributed by atoms with van der Waals surface area (Å²) in [7, 11) is 0. The van der Waals surface area contributed by atoms with Crippen LogP contribution in [0.5, 0.6) is 5.75 Å². The van der Waals surface area contributed by atoms with Crippen molar-refractivity contribution >= 4 is 29.7 Å². The Morgan fingerprint density at radius 2 is 1.60 bits per heavy atom. The fraction of sp³-hybridized carbons (Fsp3) is 0.389. The van der Waals surface area contributed by atoms with Gasteiger partial charge in [0.1, 0.15) is 17.8 Å². The largest absolute Gasteiger partial charge is 0.508 e. The molecule has 3 amide bonds. The predicted molar refractivity (Wildman–Crippen MR) is 102 cm³/mol. The number of carboxylic acids is 2. The van der Waals surface area contributed by atoms with Gasteiger partial charge in [-0.15, -0.1) is 0 Å². The van der Waals surface area contributed by atoms with Crippen LogP contribution in [0.2, 0.25) is 0 Å². The van der Waals surface area contributed by atoms with Crippen LogP contribution in [0.4, 0.5) is 0 Å². The summed E-state index contributed by atoms with van der Waals surface area (Å²) in [5.41, 5.74) is 5.96. The van der Waals surface area contributed by atoms with Gasteiger partial charge in [0.15, 0.2) is 0 Å². The average Bonchev–Trinajstić information content (AvgIpc) is 2.66. The molecule has 164 valence electrons. The number of nitrogens with two attached hydrogens (primary N) is 1. The lowest BCUT2D eigenvalue weighted by Gasteiger charge is -2.20. The third-order valence-electron chi connectivity index (χ3n) is 3.91. The van der Waals surface area contributed by atoms with Gasteiger partial charge in [-0.25, -0.2) is 0 Å². The molecule has 12 nitrogen and oxygen atoms in total. The number of aliphatic carboxylic acids is 2. The van der Waals surface area contributed by atoms with Gasteiger partial charge < -0.3 is 37.0 Å². The van der Waals surface area contributed by atoms with Crippen LogP contribution in [0.3, 0.4) is 0 Å². The monoisotopic (exact) mass is 424 g/mol. The molecule has 0 aliphatic carbocycles. The fourth-order valence-electron chi connectivity index (χ4n) is 2.28. The summed E-state index contributed by atoms with van der Waals surface area (Å²) in [4.78, 5) is 57.8. The minimum Gasteiger partial charge on any atom is -0.508 e. The molecule has 0 aliphatic rings. The first-order valence-electron chi connectivity index (χ1n) is 8.85. The molecule has 1 rings (SSSR count). The van der Waals surface area contributed by atoms with Gasteiger partial charge in [-0.2, -0.15) is 0 Å². The molecule has 0 aliphatic heterocycles. The number of rotatable bonds is 11. The Morgan fingerprint density at radius 1 is 1.00 bits per heavy atom.